The SMILES string of the molecule is CCc1nn(C)c(CC)c1-c1cccc(OC)c1F. The van der Waals surface area contributed by atoms with E-state index in [1.165, 1.54) is 7.11 Å². The van der Waals surface area contributed by atoms with Crippen LogP contribution in [0.25, 0.3) is 11.1 Å². The van der Waals surface area contributed by atoms with Gasteiger partial charge in [-0.05, 0) is 18.9 Å². The van der Waals surface area contributed by atoms with Crippen LogP contribution in [0.15, 0.2) is 18.2 Å². The fourth-order valence-electron chi connectivity index (χ4n) is 2.45. The predicted octanol–water partition coefficient (Wildman–Crippen LogP) is 3.36. The zero-order valence-corrected chi connectivity index (χ0v) is 11.8. The number of hydrogen-bond acceptors (Lipinski definition) is 2. The van der Waals surface area contributed by atoms with Crippen LogP contribution < -0.4 is 4.74 Å². The van der Waals surface area contributed by atoms with Crippen molar-refractivity contribution in [3.63, 3.8) is 0 Å². The van der Waals surface area contributed by atoms with E-state index >= 15 is 0 Å². The molecule has 0 aliphatic rings. The molecule has 0 aliphatic carbocycles. The predicted molar refractivity (Wildman–Crippen MR) is 73.9 cm³/mol. The van der Waals surface area contributed by atoms with Crippen molar-refractivity contribution in [1.29, 1.82) is 0 Å². The Morgan fingerprint density at radius 1 is 1.26 bits per heavy atom. The van der Waals surface area contributed by atoms with Crippen LogP contribution in [-0.4, -0.2) is 16.9 Å². The molecule has 0 saturated heterocycles. The van der Waals surface area contributed by atoms with Crippen molar-refractivity contribution < 1.29 is 9.13 Å². The highest BCUT2D eigenvalue weighted by Gasteiger charge is 2.20. The van der Waals surface area contributed by atoms with Gasteiger partial charge in [-0.1, -0.05) is 26.0 Å². The molecule has 1 heterocycles. The summed E-state index contributed by atoms with van der Waals surface area (Å²) >= 11 is 0. The highest BCUT2D eigenvalue weighted by molar-refractivity contribution is 5.71. The standard InChI is InChI=1S/C15H19FN2O/c1-5-11-14(12(6-2)18(3)17-11)10-8-7-9-13(19-4)15(10)16/h7-9H,5-6H2,1-4H3. The maximum absolute atomic E-state index is 14.4. The second kappa shape index (κ2) is 5.43. The number of halogens is 1. The maximum atomic E-state index is 14.4. The van der Waals surface area contributed by atoms with Crippen molar-refractivity contribution in [2.75, 3.05) is 7.11 Å². The summed E-state index contributed by atoms with van der Waals surface area (Å²) in [6, 6.07) is 5.22. The van der Waals surface area contributed by atoms with Crippen molar-refractivity contribution in [2.45, 2.75) is 26.7 Å². The van der Waals surface area contributed by atoms with E-state index in [4.69, 9.17) is 4.74 Å². The van der Waals surface area contributed by atoms with Crippen LogP contribution >= 0.6 is 0 Å². The average Bonchev–Trinajstić information content (AvgIpc) is 2.75. The molecule has 1 aromatic carbocycles. The van der Waals surface area contributed by atoms with Crippen molar-refractivity contribution in [2.24, 2.45) is 7.05 Å². The first-order valence-corrected chi connectivity index (χ1v) is 6.51. The monoisotopic (exact) mass is 262 g/mol. The molecule has 1 aromatic heterocycles. The molecule has 0 N–H and O–H groups in total. The van der Waals surface area contributed by atoms with Gasteiger partial charge in [-0.3, -0.25) is 4.68 Å². The van der Waals surface area contributed by atoms with Gasteiger partial charge in [0, 0.05) is 23.9 Å². The molecular formula is C15H19FN2O. The number of hydrogen-bond donors (Lipinski definition) is 0. The quantitative estimate of drug-likeness (QED) is 0.844. The maximum Gasteiger partial charge on any atom is 0.172 e. The van der Waals surface area contributed by atoms with E-state index in [1.54, 1.807) is 12.1 Å². The molecule has 3 nitrogen and oxygen atoms in total. The Morgan fingerprint density at radius 2 is 2.00 bits per heavy atom. The van der Waals surface area contributed by atoms with E-state index in [-0.39, 0.29) is 11.6 Å². The number of nitrogens with zero attached hydrogens (tertiary/aromatic N) is 2. The van der Waals surface area contributed by atoms with Gasteiger partial charge in [0.25, 0.3) is 0 Å². The van der Waals surface area contributed by atoms with Crippen molar-refractivity contribution in [1.82, 2.24) is 9.78 Å². The Hall–Kier alpha value is -1.84. The highest BCUT2D eigenvalue weighted by Crippen LogP contribution is 2.34. The van der Waals surface area contributed by atoms with Crippen molar-refractivity contribution in [3.8, 4) is 16.9 Å². The first-order chi connectivity index (χ1) is 9.13. The molecule has 0 saturated carbocycles. The van der Waals surface area contributed by atoms with E-state index in [2.05, 4.69) is 12.0 Å². The topological polar surface area (TPSA) is 27.1 Å². The van der Waals surface area contributed by atoms with Gasteiger partial charge in [-0.2, -0.15) is 5.10 Å². The summed E-state index contributed by atoms with van der Waals surface area (Å²) in [7, 11) is 3.38. The van der Waals surface area contributed by atoms with Gasteiger partial charge in [-0.15, -0.1) is 0 Å². The third-order valence-corrected chi connectivity index (χ3v) is 3.36. The third kappa shape index (κ3) is 2.23. The Kier molecular flexibility index (Phi) is 3.88. The Labute approximate surface area is 113 Å². The Morgan fingerprint density at radius 3 is 2.58 bits per heavy atom. The van der Waals surface area contributed by atoms with Gasteiger partial charge in [0.2, 0.25) is 0 Å². The molecule has 2 rings (SSSR count). The molecule has 4 heteroatoms. The fraction of sp³-hybridized carbons (Fsp3) is 0.400. The molecule has 0 unspecified atom stereocenters. The summed E-state index contributed by atoms with van der Waals surface area (Å²) in [5.74, 6) is -0.0483. The molecule has 0 aliphatic heterocycles. The molecule has 19 heavy (non-hydrogen) atoms. The van der Waals surface area contributed by atoms with Crippen LogP contribution in [-0.2, 0) is 19.9 Å². The van der Waals surface area contributed by atoms with Crippen LogP contribution in [0, 0.1) is 5.82 Å². The largest absolute Gasteiger partial charge is 0.494 e. The second-order valence-corrected chi connectivity index (χ2v) is 4.42. The minimum Gasteiger partial charge on any atom is -0.494 e. The zero-order valence-electron chi connectivity index (χ0n) is 11.8. The van der Waals surface area contributed by atoms with Crippen LogP contribution in [0.1, 0.15) is 25.2 Å². The molecule has 2 aromatic rings. The minimum atomic E-state index is -0.317. The Balaban J connectivity index is 2.71. The fourth-order valence-corrected chi connectivity index (χ4v) is 2.45. The molecule has 102 valence electrons. The molecule has 0 atom stereocenters. The van der Waals surface area contributed by atoms with Crippen LogP contribution in [0.5, 0.6) is 5.75 Å². The van der Waals surface area contributed by atoms with Crippen molar-refractivity contribution in [3.05, 3.63) is 35.4 Å². The summed E-state index contributed by atoms with van der Waals surface area (Å²) in [5.41, 5.74) is 3.44. The lowest BCUT2D eigenvalue weighted by Crippen LogP contribution is -1.98. The van der Waals surface area contributed by atoms with E-state index < -0.39 is 0 Å². The molecule has 0 fully saturated rings. The number of aryl methyl sites for hydroxylation is 2. The number of rotatable bonds is 4. The molecule has 0 amide bonds. The average molecular weight is 262 g/mol. The number of ether oxygens (including phenoxy) is 1. The van der Waals surface area contributed by atoms with Crippen LogP contribution in [0.2, 0.25) is 0 Å². The van der Waals surface area contributed by atoms with Gasteiger partial charge in [0.15, 0.2) is 11.6 Å². The third-order valence-electron chi connectivity index (χ3n) is 3.36. The van der Waals surface area contributed by atoms with Crippen molar-refractivity contribution >= 4 is 0 Å². The second-order valence-electron chi connectivity index (χ2n) is 4.42. The lowest BCUT2D eigenvalue weighted by atomic mass is 9.99. The first kappa shape index (κ1) is 13.6. The van der Waals surface area contributed by atoms with E-state index in [9.17, 15) is 4.39 Å². The lowest BCUT2D eigenvalue weighted by Gasteiger charge is -2.09. The van der Waals surface area contributed by atoms with Gasteiger partial charge < -0.3 is 4.74 Å². The number of methoxy groups -OCH3 is 1. The van der Waals surface area contributed by atoms with Gasteiger partial charge in [0.1, 0.15) is 0 Å². The molecule has 0 spiro atoms. The summed E-state index contributed by atoms with van der Waals surface area (Å²) < 4.78 is 21.3. The smallest absolute Gasteiger partial charge is 0.172 e. The van der Waals surface area contributed by atoms with Gasteiger partial charge in [-0.25, -0.2) is 4.39 Å². The Bertz CT molecular complexity index is 590. The normalized spacial score (nSPS) is 10.8. The summed E-state index contributed by atoms with van der Waals surface area (Å²) in [4.78, 5) is 0. The first-order valence-electron chi connectivity index (χ1n) is 6.51. The summed E-state index contributed by atoms with van der Waals surface area (Å²) in [5, 5.41) is 4.48. The highest BCUT2D eigenvalue weighted by atomic mass is 19.1. The van der Waals surface area contributed by atoms with Gasteiger partial charge >= 0.3 is 0 Å². The summed E-state index contributed by atoms with van der Waals surface area (Å²) in [6.07, 6.45) is 1.59. The van der Waals surface area contributed by atoms with E-state index in [0.717, 1.165) is 29.8 Å². The van der Waals surface area contributed by atoms with Gasteiger partial charge in [0.05, 0.1) is 12.8 Å². The molecule has 0 radical (unpaired) electrons. The number of benzene rings is 1. The molecule has 0 bridgehead atoms. The van der Waals surface area contributed by atoms with Crippen LogP contribution in [0.3, 0.4) is 0 Å². The van der Waals surface area contributed by atoms with E-state index in [0.29, 0.717) is 5.56 Å². The minimum absolute atomic E-state index is 0.269. The lowest BCUT2D eigenvalue weighted by molar-refractivity contribution is 0.387. The van der Waals surface area contributed by atoms with Crippen LogP contribution in [0.4, 0.5) is 4.39 Å². The number of aromatic nitrogens is 2. The zero-order chi connectivity index (χ0) is 14.0. The van der Waals surface area contributed by atoms with E-state index in [1.807, 2.05) is 24.7 Å². The molecular weight excluding hydrogens is 243 g/mol. The summed E-state index contributed by atoms with van der Waals surface area (Å²) in [6.45, 7) is 4.08.